The molecule has 1 amide bonds. The van der Waals surface area contributed by atoms with E-state index in [0.29, 0.717) is 19.6 Å². The highest BCUT2D eigenvalue weighted by Gasteiger charge is 2.31. The topological polar surface area (TPSA) is 55.4 Å². The van der Waals surface area contributed by atoms with Gasteiger partial charge in [0.05, 0.1) is 6.61 Å². The van der Waals surface area contributed by atoms with Crippen molar-refractivity contribution in [3.63, 3.8) is 0 Å². The van der Waals surface area contributed by atoms with E-state index in [2.05, 4.69) is 24.4 Å². The fourth-order valence-corrected chi connectivity index (χ4v) is 2.13. The van der Waals surface area contributed by atoms with Crippen LogP contribution < -0.4 is 5.32 Å². The Kier molecular flexibility index (Phi) is 6.47. The maximum atomic E-state index is 11.5. The Labute approximate surface area is 109 Å². The van der Waals surface area contributed by atoms with Crippen LogP contribution in [0.2, 0.25) is 0 Å². The molecule has 1 N–H and O–H groups in total. The molecule has 0 aliphatic heterocycles. The third-order valence-corrected chi connectivity index (χ3v) is 3.38. The second-order valence-corrected chi connectivity index (χ2v) is 4.94. The number of aldehydes is 1. The number of rotatable bonds is 7. The Hall–Kier alpha value is -1.32. The minimum atomic E-state index is -0.372. The van der Waals surface area contributed by atoms with Crippen LogP contribution in [0.4, 0.5) is 4.79 Å². The normalized spacial score (nSPS) is 22.5. The van der Waals surface area contributed by atoms with E-state index < -0.39 is 0 Å². The lowest BCUT2D eigenvalue weighted by molar-refractivity contribution is -0.110. The van der Waals surface area contributed by atoms with E-state index in [9.17, 15) is 9.59 Å². The van der Waals surface area contributed by atoms with E-state index in [4.69, 9.17) is 4.74 Å². The van der Waals surface area contributed by atoms with E-state index in [0.717, 1.165) is 38.4 Å². The summed E-state index contributed by atoms with van der Waals surface area (Å²) < 4.78 is 5.24. The monoisotopic (exact) mass is 253 g/mol. The molecule has 0 radical (unpaired) electrons. The van der Waals surface area contributed by atoms with Gasteiger partial charge in [-0.2, -0.15) is 0 Å². The molecule has 0 aromatic carbocycles. The molecule has 0 aromatic heterocycles. The Balaban J connectivity index is 2.35. The Morgan fingerprint density at radius 1 is 1.50 bits per heavy atom. The van der Waals surface area contributed by atoms with Gasteiger partial charge in [0.25, 0.3) is 0 Å². The Morgan fingerprint density at radius 3 is 2.94 bits per heavy atom. The van der Waals surface area contributed by atoms with Crippen molar-refractivity contribution >= 4 is 12.4 Å². The van der Waals surface area contributed by atoms with Gasteiger partial charge >= 0.3 is 6.09 Å². The number of unbranched alkanes of at least 4 members (excludes halogenated alkanes) is 1. The van der Waals surface area contributed by atoms with Crippen LogP contribution in [0.15, 0.2) is 12.2 Å². The first-order valence-corrected chi connectivity index (χ1v) is 6.72. The number of hydrogen-bond donors (Lipinski definition) is 1. The summed E-state index contributed by atoms with van der Waals surface area (Å²) in [6.45, 7) is 3.05. The predicted molar refractivity (Wildman–Crippen MR) is 70.4 cm³/mol. The van der Waals surface area contributed by atoms with Crippen molar-refractivity contribution in [1.82, 2.24) is 5.32 Å². The number of carbonyl (C=O) groups excluding carboxylic acids is 2. The van der Waals surface area contributed by atoms with Crippen LogP contribution in [-0.2, 0) is 9.53 Å². The largest absolute Gasteiger partial charge is 0.449 e. The quantitative estimate of drug-likeness (QED) is 0.431. The lowest BCUT2D eigenvalue weighted by Gasteiger charge is -2.32. The smallest absolute Gasteiger partial charge is 0.407 e. The minimum absolute atomic E-state index is 0.182. The fourth-order valence-electron chi connectivity index (χ4n) is 2.13. The Morgan fingerprint density at radius 2 is 2.33 bits per heavy atom. The third kappa shape index (κ3) is 4.90. The zero-order valence-corrected chi connectivity index (χ0v) is 11.1. The molecule has 4 nitrogen and oxygen atoms in total. The highest BCUT2D eigenvalue weighted by atomic mass is 16.5. The summed E-state index contributed by atoms with van der Waals surface area (Å²) in [6, 6.07) is 0. The van der Waals surface area contributed by atoms with E-state index in [-0.39, 0.29) is 11.5 Å². The van der Waals surface area contributed by atoms with Crippen LogP contribution in [0.5, 0.6) is 0 Å². The molecule has 1 unspecified atom stereocenters. The van der Waals surface area contributed by atoms with Gasteiger partial charge in [0, 0.05) is 18.4 Å². The summed E-state index contributed by atoms with van der Waals surface area (Å²) in [7, 11) is 0. The molecule has 102 valence electrons. The van der Waals surface area contributed by atoms with Gasteiger partial charge in [-0.15, -0.1) is 0 Å². The average Bonchev–Trinajstić information content (AvgIpc) is 2.38. The molecule has 18 heavy (non-hydrogen) atoms. The number of hydrogen-bond acceptors (Lipinski definition) is 3. The van der Waals surface area contributed by atoms with Crippen LogP contribution in [-0.4, -0.2) is 25.5 Å². The number of alkyl carbamates (subject to hydrolysis) is 1. The lowest BCUT2D eigenvalue weighted by atomic mass is 9.75. The summed E-state index contributed by atoms with van der Waals surface area (Å²) in [5.74, 6) is 0. The second-order valence-electron chi connectivity index (χ2n) is 4.94. The van der Waals surface area contributed by atoms with E-state index in [1.54, 1.807) is 0 Å². The van der Waals surface area contributed by atoms with Gasteiger partial charge in [-0.1, -0.05) is 25.5 Å². The molecule has 0 saturated carbocycles. The lowest BCUT2D eigenvalue weighted by Crippen LogP contribution is -2.33. The maximum Gasteiger partial charge on any atom is 0.407 e. The van der Waals surface area contributed by atoms with Gasteiger partial charge in [-0.3, -0.25) is 0 Å². The van der Waals surface area contributed by atoms with Crippen molar-refractivity contribution in [3.8, 4) is 0 Å². The number of nitrogens with one attached hydrogen (secondary N) is 1. The van der Waals surface area contributed by atoms with Gasteiger partial charge in [0.15, 0.2) is 0 Å². The first-order valence-electron chi connectivity index (χ1n) is 6.72. The van der Waals surface area contributed by atoms with E-state index >= 15 is 0 Å². The van der Waals surface area contributed by atoms with Crippen molar-refractivity contribution < 1.29 is 14.3 Å². The average molecular weight is 253 g/mol. The molecule has 1 atom stereocenters. The maximum absolute atomic E-state index is 11.5. The van der Waals surface area contributed by atoms with Crippen molar-refractivity contribution in [3.05, 3.63) is 12.2 Å². The molecule has 0 aromatic rings. The molecular formula is C14H23NO3. The van der Waals surface area contributed by atoms with E-state index in [1.807, 2.05) is 0 Å². The molecule has 4 heteroatoms. The zero-order chi connectivity index (χ0) is 13.3. The zero-order valence-electron chi connectivity index (χ0n) is 11.1. The van der Waals surface area contributed by atoms with Crippen LogP contribution in [0.1, 0.15) is 45.4 Å². The van der Waals surface area contributed by atoms with Crippen molar-refractivity contribution in [1.29, 1.82) is 0 Å². The van der Waals surface area contributed by atoms with Gasteiger partial charge < -0.3 is 14.8 Å². The van der Waals surface area contributed by atoms with Crippen LogP contribution in [0.3, 0.4) is 0 Å². The molecule has 0 fully saturated rings. The molecule has 1 rings (SSSR count). The van der Waals surface area contributed by atoms with E-state index in [1.165, 1.54) is 0 Å². The first kappa shape index (κ1) is 14.7. The van der Waals surface area contributed by atoms with Gasteiger partial charge in [0.2, 0.25) is 0 Å². The summed E-state index contributed by atoms with van der Waals surface area (Å²) >= 11 is 0. The van der Waals surface area contributed by atoms with Crippen molar-refractivity contribution in [2.75, 3.05) is 13.2 Å². The third-order valence-electron chi connectivity index (χ3n) is 3.38. The van der Waals surface area contributed by atoms with Crippen LogP contribution in [0.25, 0.3) is 0 Å². The minimum Gasteiger partial charge on any atom is -0.449 e. The van der Waals surface area contributed by atoms with Crippen molar-refractivity contribution in [2.24, 2.45) is 5.41 Å². The van der Waals surface area contributed by atoms with Crippen LogP contribution in [0, 0.1) is 5.41 Å². The standard InChI is InChI=1S/C14H23NO3/c1-2-3-10-15-13(17)18-12-14(9-11-16)7-5-4-6-8-14/h4-5,11H,2-3,6-10,12H2,1H3,(H,15,17). The number of ether oxygens (including phenoxy) is 1. The number of amides is 1. The fraction of sp³-hybridized carbons (Fsp3) is 0.714. The molecule has 0 bridgehead atoms. The number of carbonyl (C=O) groups is 2. The highest BCUT2D eigenvalue weighted by molar-refractivity contribution is 5.67. The highest BCUT2D eigenvalue weighted by Crippen LogP contribution is 2.35. The van der Waals surface area contributed by atoms with Crippen LogP contribution >= 0.6 is 0 Å². The molecule has 0 spiro atoms. The molecule has 1 aliphatic carbocycles. The second kappa shape index (κ2) is 7.90. The van der Waals surface area contributed by atoms with Gasteiger partial charge in [0.1, 0.15) is 6.29 Å². The summed E-state index contributed by atoms with van der Waals surface area (Å²) in [4.78, 5) is 22.2. The summed E-state index contributed by atoms with van der Waals surface area (Å²) in [5, 5.41) is 2.71. The molecular weight excluding hydrogens is 230 g/mol. The Bertz CT molecular complexity index is 301. The number of allylic oxidation sites excluding steroid dienone is 2. The predicted octanol–water partition coefficient (Wildman–Crippen LogP) is 2.83. The summed E-state index contributed by atoms with van der Waals surface area (Å²) in [6.07, 6.45) is 9.88. The first-order chi connectivity index (χ1) is 8.72. The molecule has 0 saturated heterocycles. The SMILES string of the molecule is CCCCNC(=O)OCC1(CC=O)CC=CCC1. The van der Waals surface area contributed by atoms with Gasteiger partial charge in [-0.25, -0.2) is 4.79 Å². The summed E-state index contributed by atoms with van der Waals surface area (Å²) in [5.41, 5.74) is -0.182. The van der Waals surface area contributed by atoms with Crippen molar-refractivity contribution in [2.45, 2.75) is 45.4 Å². The molecule has 0 heterocycles. The molecule has 1 aliphatic rings. The van der Waals surface area contributed by atoms with Gasteiger partial charge in [-0.05, 0) is 25.7 Å².